The quantitative estimate of drug-likeness (QED) is 0.836. The summed E-state index contributed by atoms with van der Waals surface area (Å²) in [6, 6.07) is 9.87. The molecule has 1 N–H and O–H groups in total. The SMILES string of the molecule is O=C(O)N1CC=C(c2cc3ccccc3o2)CC1. The number of hydrogen-bond donors (Lipinski definition) is 1. The van der Waals surface area contributed by atoms with Gasteiger partial charge in [-0.05, 0) is 24.1 Å². The summed E-state index contributed by atoms with van der Waals surface area (Å²) in [5.74, 6) is 0.848. The van der Waals surface area contributed by atoms with Crippen LogP contribution in [0.3, 0.4) is 0 Å². The molecule has 0 bridgehead atoms. The summed E-state index contributed by atoms with van der Waals surface area (Å²) in [5, 5.41) is 9.96. The van der Waals surface area contributed by atoms with Gasteiger partial charge in [-0.2, -0.15) is 0 Å². The standard InChI is InChI=1S/C14H13NO3/c16-14(17)15-7-5-10(6-8-15)13-9-11-3-1-2-4-12(11)18-13/h1-5,9H,6-8H2,(H,16,17). The topological polar surface area (TPSA) is 53.7 Å². The van der Waals surface area contributed by atoms with Gasteiger partial charge >= 0.3 is 6.09 Å². The number of fused-ring (bicyclic) bond motifs is 1. The molecule has 92 valence electrons. The molecule has 1 aliphatic rings. The van der Waals surface area contributed by atoms with Crippen LogP contribution in [0.1, 0.15) is 12.2 Å². The molecule has 18 heavy (non-hydrogen) atoms. The van der Waals surface area contributed by atoms with E-state index in [0.29, 0.717) is 19.5 Å². The van der Waals surface area contributed by atoms with Gasteiger partial charge in [0.15, 0.2) is 0 Å². The van der Waals surface area contributed by atoms with Crippen molar-refractivity contribution in [1.29, 1.82) is 0 Å². The zero-order chi connectivity index (χ0) is 12.5. The van der Waals surface area contributed by atoms with Gasteiger partial charge in [-0.1, -0.05) is 24.3 Å². The lowest BCUT2D eigenvalue weighted by Gasteiger charge is -2.22. The molecule has 0 atom stereocenters. The maximum Gasteiger partial charge on any atom is 0.407 e. The predicted octanol–water partition coefficient (Wildman–Crippen LogP) is 3.20. The second kappa shape index (κ2) is 4.22. The van der Waals surface area contributed by atoms with E-state index in [0.717, 1.165) is 22.3 Å². The van der Waals surface area contributed by atoms with Gasteiger partial charge in [-0.15, -0.1) is 0 Å². The lowest BCUT2D eigenvalue weighted by atomic mass is 10.1. The number of amides is 1. The van der Waals surface area contributed by atoms with Crippen LogP contribution < -0.4 is 0 Å². The Balaban J connectivity index is 1.89. The molecule has 1 aliphatic heterocycles. The van der Waals surface area contributed by atoms with Crippen LogP contribution in [0, 0.1) is 0 Å². The van der Waals surface area contributed by atoms with Crippen LogP contribution in [-0.4, -0.2) is 29.2 Å². The highest BCUT2D eigenvalue weighted by Gasteiger charge is 2.18. The van der Waals surface area contributed by atoms with Crippen molar-refractivity contribution in [3.05, 3.63) is 42.2 Å². The molecule has 1 amide bonds. The molecular formula is C14H13NO3. The summed E-state index contributed by atoms with van der Waals surface area (Å²) < 4.78 is 5.77. The minimum Gasteiger partial charge on any atom is -0.465 e. The van der Waals surface area contributed by atoms with E-state index in [1.165, 1.54) is 4.90 Å². The number of hydrogen-bond acceptors (Lipinski definition) is 2. The number of para-hydroxylation sites is 1. The summed E-state index contributed by atoms with van der Waals surface area (Å²) in [7, 11) is 0. The molecule has 4 heteroatoms. The van der Waals surface area contributed by atoms with Gasteiger partial charge in [-0.25, -0.2) is 4.79 Å². The highest BCUT2D eigenvalue weighted by atomic mass is 16.4. The molecule has 1 aromatic carbocycles. The smallest absolute Gasteiger partial charge is 0.407 e. The second-order valence-corrected chi connectivity index (χ2v) is 4.36. The van der Waals surface area contributed by atoms with Crippen LogP contribution in [0.4, 0.5) is 4.79 Å². The van der Waals surface area contributed by atoms with Gasteiger partial charge in [0.2, 0.25) is 0 Å². The molecule has 0 radical (unpaired) electrons. The van der Waals surface area contributed by atoms with Crippen molar-refractivity contribution in [2.45, 2.75) is 6.42 Å². The van der Waals surface area contributed by atoms with Gasteiger partial charge < -0.3 is 14.4 Å². The third-order valence-electron chi connectivity index (χ3n) is 3.22. The van der Waals surface area contributed by atoms with E-state index in [9.17, 15) is 4.79 Å². The third kappa shape index (κ3) is 1.86. The van der Waals surface area contributed by atoms with Crippen LogP contribution in [0.15, 0.2) is 40.8 Å². The van der Waals surface area contributed by atoms with Crippen molar-refractivity contribution in [1.82, 2.24) is 4.90 Å². The number of carboxylic acid groups (broad SMARTS) is 1. The van der Waals surface area contributed by atoms with E-state index >= 15 is 0 Å². The first-order valence-corrected chi connectivity index (χ1v) is 5.90. The molecule has 2 heterocycles. The van der Waals surface area contributed by atoms with Gasteiger partial charge in [-0.3, -0.25) is 0 Å². The second-order valence-electron chi connectivity index (χ2n) is 4.36. The van der Waals surface area contributed by atoms with Crippen LogP contribution in [0.25, 0.3) is 16.5 Å². The first-order chi connectivity index (χ1) is 8.74. The van der Waals surface area contributed by atoms with Gasteiger partial charge in [0.1, 0.15) is 11.3 Å². The molecular weight excluding hydrogens is 230 g/mol. The minimum atomic E-state index is -0.866. The highest BCUT2D eigenvalue weighted by Crippen LogP contribution is 2.28. The first-order valence-electron chi connectivity index (χ1n) is 5.90. The van der Waals surface area contributed by atoms with Crippen molar-refractivity contribution in [2.75, 3.05) is 13.1 Å². The summed E-state index contributed by atoms with van der Waals surface area (Å²) in [6.07, 6.45) is 1.76. The zero-order valence-electron chi connectivity index (χ0n) is 9.80. The molecule has 0 spiro atoms. The van der Waals surface area contributed by atoms with Gasteiger partial charge in [0.05, 0.1) is 0 Å². The molecule has 1 aromatic heterocycles. The fraction of sp³-hybridized carbons (Fsp3) is 0.214. The zero-order valence-corrected chi connectivity index (χ0v) is 9.80. The Bertz CT molecular complexity index is 594. The number of rotatable bonds is 1. The molecule has 3 rings (SSSR count). The summed E-state index contributed by atoms with van der Waals surface area (Å²) in [6.45, 7) is 0.958. The average molecular weight is 243 g/mol. The van der Waals surface area contributed by atoms with E-state index < -0.39 is 6.09 Å². The van der Waals surface area contributed by atoms with Gasteiger partial charge in [0, 0.05) is 18.5 Å². The summed E-state index contributed by atoms with van der Waals surface area (Å²) in [4.78, 5) is 12.2. The first kappa shape index (κ1) is 10.9. The maximum atomic E-state index is 10.8. The largest absolute Gasteiger partial charge is 0.465 e. The minimum absolute atomic E-state index is 0.432. The number of benzene rings is 1. The maximum absolute atomic E-state index is 10.8. The average Bonchev–Trinajstić information content (AvgIpc) is 2.82. The molecule has 2 aromatic rings. The van der Waals surface area contributed by atoms with Crippen molar-refractivity contribution in [2.24, 2.45) is 0 Å². The Hall–Kier alpha value is -2.23. The van der Waals surface area contributed by atoms with Crippen molar-refractivity contribution in [3.63, 3.8) is 0 Å². The van der Waals surface area contributed by atoms with E-state index in [1.807, 2.05) is 36.4 Å². The normalized spacial score (nSPS) is 15.8. The van der Waals surface area contributed by atoms with Crippen molar-refractivity contribution >= 4 is 22.6 Å². The molecule has 0 saturated heterocycles. The third-order valence-corrected chi connectivity index (χ3v) is 3.22. The lowest BCUT2D eigenvalue weighted by Crippen LogP contribution is -2.33. The highest BCUT2D eigenvalue weighted by molar-refractivity contribution is 5.82. The van der Waals surface area contributed by atoms with E-state index in [-0.39, 0.29) is 0 Å². The summed E-state index contributed by atoms with van der Waals surface area (Å²) >= 11 is 0. The summed E-state index contributed by atoms with van der Waals surface area (Å²) in [5.41, 5.74) is 1.96. The Morgan fingerprint density at radius 2 is 2.17 bits per heavy atom. The molecule has 0 unspecified atom stereocenters. The van der Waals surface area contributed by atoms with Crippen molar-refractivity contribution in [3.8, 4) is 0 Å². The van der Waals surface area contributed by atoms with Crippen LogP contribution >= 0.6 is 0 Å². The molecule has 0 fully saturated rings. The Morgan fingerprint density at radius 3 is 2.83 bits per heavy atom. The van der Waals surface area contributed by atoms with E-state index in [2.05, 4.69) is 0 Å². The van der Waals surface area contributed by atoms with E-state index in [1.54, 1.807) is 0 Å². The monoisotopic (exact) mass is 243 g/mol. The molecule has 0 aliphatic carbocycles. The Morgan fingerprint density at radius 1 is 1.33 bits per heavy atom. The number of furan rings is 1. The Kier molecular flexibility index (Phi) is 2.55. The van der Waals surface area contributed by atoms with Gasteiger partial charge in [0.25, 0.3) is 0 Å². The van der Waals surface area contributed by atoms with Crippen molar-refractivity contribution < 1.29 is 14.3 Å². The van der Waals surface area contributed by atoms with Crippen LogP contribution in [0.2, 0.25) is 0 Å². The number of nitrogens with zero attached hydrogens (tertiary/aromatic N) is 1. The predicted molar refractivity (Wildman–Crippen MR) is 68.4 cm³/mol. The fourth-order valence-corrected chi connectivity index (χ4v) is 2.21. The fourth-order valence-electron chi connectivity index (χ4n) is 2.21. The van der Waals surface area contributed by atoms with E-state index in [4.69, 9.17) is 9.52 Å². The molecule has 0 saturated carbocycles. The van der Waals surface area contributed by atoms with Crippen LogP contribution in [-0.2, 0) is 0 Å². The number of carbonyl (C=O) groups is 1. The Labute approximate surface area is 104 Å². The lowest BCUT2D eigenvalue weighted by molar-refractivity contribution is 0.150. The van der Waals surface area contributed by atoms with Crippen LogP contribution in [0.5, 0.6) is 0 Å². The molecule has 4 nitrogen and oxygen atoms in total.